The number of aromatic nitrogens is 1. The van der Waals surface area contributed by atoms with Crippen LogP contribution in [0.2, 0.25) is 0 Å². The van der Waals surface area contributed by atoms with Crippen LogP contribution in [-0.4, -0.2) is 4.57 Å². The van der Waals surface area contributed by atoms with Crippen LogP contribution in [0.15, 0.2) is 188 Å². The van der Waals surface area contributed by atoms with Gasteiger partial charge in [0.05, 0.1) is 11.0 Å². The minimum Gasteiger partial charge on any atom is -0.310 e. The topological polar surface area (TPSA) is 8.17 Å². The second-order valence-electron chi connectivity index (χ2n) is 15.1. The highest BCUT2D eigenvalue weighted by Crippen LogP contribution is 2.51. The fraction of sp³-hybridized carbons (Fsp3) is 0.0769. The molecular formula is C52H40N2. The van der Waals surface area contributed by atoms with E-state index in [4.69, 9.17) is 0 Å². The van der Waals surface area contributed by atoms with Crippen LogP contribution in [0.25, 0.3) is 60.9 Å². The third-order valence-electron chi connectivity index (χ3n) is 11.4. The van der Waals surface area contributed by atoms with Crippen molar-refractivity contribution in [2.45, 2.75) is 26.2 Å². The van der Waals surface area contributed by atoms with Crippen molar-refractivity contribution in [3.05, 3.63) is 205 Å². The lowest BCUT2D eigenvalue weighted by atomic mass is 9.82. The van der Waals surface area contributed by atoms with Crippen LogP contribution in [0.1, 0.15) is 30.5 Å². The van der Waals surface area contributed by atoms with Gasteiger partial charge in [0, 0.05) is 38.9 Å². The average molecular weight is 693 g/mol. The fourth-order valence-electron chi connectivity index (χ4n) is 8.70. The third-order valence-corrected chi connectivity index (χ3v) is 11.4. The summed E-state index contributed by atoms with van der Waals surface area (Å²) in [5.74, 6) is 0. The molecule has 0 saturated heterocycles. The summed E-state index contributed by atoms with van der Waals surface area (Å²) in [7, 11) is 0. The Kier molecular flexibility index (Phi) is 7.42. The lowest BCUT2D eigenvalue weighted by molar-refractivity contribution is 0.661. The van der Waals surface area contributed by atoms with Crippen LogP contribution in [0.4, 0.5) is 17.1 Å². The number of hydrogen-bond donors (Lipinski definition) is 0. The highest BCUT2D eigenvalue weighted by atomic mass is 15.1. The Morgan fingerprint density at radius 3 is 1.70 bits per heavy atom. The number of para-hydroxylation sites is 1. The van der Waals surface area contributed by atoms with Gasteiger partial charge in [-0.1, -0.05) is 129 Å². The van der Waals surface area contributed by atoms with E-state index in [-0.39, 0.29) is 5.41 Å². The number of benzene rings is 8. The smallest absolute Gasteiger partial charge is 0.0544 e. The molecule has 0 N–H and O–H groups in total. The van der Waals surface area contributed by atoms with Gasteiger partial charge in [-0.2, -0.15) is 0 Å². The molecule has 10 rings (SSSR count). The van der Waals surface area contributed by atoms with Crippen LogP contribution >= 0.6 is 0 Å². The van der Waals surface area contributed by atoms with E-state index in [1.165, 1.54) is 77.6 Å². The zero-order chi connectivity index (χ0) is 36.4. The Morgan fingerprint density at radius 1 is 0.407 bits per heavy atom. The van der Waals surface area contributed by atoms with Crippen molar-refractivity contribution in [2.75, 3.05) is 4.90 Å². The van der Waals surface area contributed by atoms with E-state index >= 15 is 0 Å². The molecule has 2 heteroatoms. The van der Waals surface area contributed by atoms with Crippen LogP contribution in [-0.2, 0) is 5.41 Å². The van der Waals surface area contributed by atoms with Crippen molar-refractivity contribution < 1.29 is 0 Å². The minimum absolute atomic E-state index is 0.0682. The maximum atomic E-state index is 2.46. The molecule has 2 nitrogen and oxygen atoms in total. The van der Waals surface area contributed by atoms with Gasteiger partial charge >= 0.3 is 0 Å². The molecule has 1 aliphatic rings. The monoisotopic (exact) mass is 692 g/mol. The summed E-state index contributed by atoms with van der Waals surface area (Å²) in [6.45, 7) is 6.88. The first-order valence-corrected chi connectivity index (χ1v) is 18.8. The molecule has 0 bridgehead atoms. The number of hydrogen-bond acceptors (Lipinski definition) is 1. The molecule has 54 heavy (non-hydrogen) atoms. The molecular weight excluding hydrogens is 653 g/mol. The third kappa shape index (κ3) is 5.17. The SMILES string of the molecule is Cc1cccc(N(c2ccc(-c3ccccc3)cc2)c2ccc(-c3ccc4c(c3)c3cc5c(cc3n4-c3ccccc3)C(C)(C)c3ccccc3-5)cc2)c1. The highest BCUT2D eigenvalue weighted by molar-refractivity contribution is 6.12. The quantitative estimate of drug-likeness (QED) is 0.168. The molecule has 0 saturated carbocycles. The molecule has 9 aromatic rings. The number of aryl methyl sites for hydroxylation is 1. The Balaban J connectivity index is 1.09. The van der Waals surface area contributed by atoms with Gasteiger partial charge in [0.15, 0.2) is 0 Å². The molecule has 0 spiro atoms. The molecule has 1 aliphatic carbocycles. The largest absolute Gasteiger partial charge is 0.310 e. The van der Waals surface area contributed by atoms with Crippen molar-refractivity contribution in [2.24, 2.45) is 0 Å². The molecule has 1 heterocycles. The predicted molar refractivity (Wildman–Crippen MR) is 229 cm³/mol. The predicted octanol–water partition coefficient (Wildman–Crippen LogP) is 14.2. The summed E-state index contributed by atoms with van der Waals surface area (Å²) >= 11 is 0. The minimum atomic E-state index is -0.0682. The molecule has 0 aliphatic heterocycles. The summed E-state index contributed by atoms with van der Waals surface area (Å²) < 4.78 is 2.44. The Bertz CT molecular complexity index is 2830. The molecule has 0 atom stereocenters. The van der Waals surface area contributed by atoms with Crippen LogP contribution < -0.4 is 4.90 Å². The second-order valence-corrected chi connectivity index (χ2v) is 15.1. The molecule has 0 fully saturated rings. The Morgan fingerprint density at radius 2 is 1.00 bits per heavy atom. The lowest BCUT2D eigenvalue weighted by Gasteiger charge is -2.26. The van der Waals surface area contributed by atoms with Crippen molar-refractivity contribution >= 4 is 38.9 Å². The zero-order valence-electron chi connectivity index (χ0n) is 30.8. The molecule has 0 amide bonds. The van der Waals surface area contributed by atoms with Crippen LogP contribution in [0, 0.1) is 6.92 Å². The normalized spacial score (nSPS) is 12.9. The number of fused-ring (bicyclic) bond motifs is 6. The van der Waals surface area contributed by atoms with E-state index in [0.29, 0.717) is 0 Å². The molecule has 0 radical (unpaired) electrons. The van der Waals surface area contributed by atoms with Crippen molar-refractivity contribution in [1.29, 1.82) is 0 Å². The van der Waals surface area contributed by atoms with E-state index in [1.54, 1.807) is 0 Å². The van der Waals surface area contributed by atoms with Gasteiger partial charge in [-0.05, 0) is 130 Å². The highest BCUT2D eigenvalue weighted by Gasteiger charge is 2.36. The van der Waals surface area contributed by atoms with Gasteiger partial charge in [-0.15, -0.1) is 0 Å². The van der Waals surface area contributed by atoms with Crippen molar-refractivity contribution in [3.8, 4) is 39.1 Å². The first-order chi connectivity index (χ1) is 26.4. The summed E-state index contributed by atoms with van der Waals surface area (Å²) in [6.07, 6.45) is 0. The number of anilines is 3. The van der Waals surface area contributed by atoms with E-state index in [2.05, 4.69) is 218 Å². The first-order valence-electron chi connectivity index (χ1n) is 18.8. The van der Waals surface area contributed by atoms with Crippen molar-refractivity contribution in [3.63, 3.8) is 0 Å². The first kappa shape index (κ1) is 32.0. The van der Waals surface area contributed by atoms with E-state index in [9.17, 15) is 0 Å². The summed E-state index contributed by atoms with van der Waals surface area (Å²) in [6, 6.07) is 68.9. The lowest BCUT2D eigenvalue weighted by Crippen LogP contribution is -2.14. The molecule has 1 aromatic heterocycles. The zero-order valence-corrected chi connectivity index (χ0v) is 30.8. The fourth-order valence-corrected chi connectivity index (χ4v) is 8.70. The Hall–Kier alpha value is -6.64. The summed E-state index contributed by atoms with van der Waals surface area (Å²) in [4.78, 5) is 2.35. The van der Waals surface area contributed by atoms with E-state index in [1.807, 2.05) is 0 Å². The standard InChI is InChI=1S/C52H40N2/c1-35-13-12-18-43(31-35)53(41-26-21-37(22-27-41)36-14-6-4-7-15-36)42-28-23-38(24-29-42)39-25-30-50-46(32-39)47-33-45-44-19-10-11-20-48(44)52(2,3)49(45)34-51(47)54(50)40-16-8-5-9-17-40/h4-34H,1-3H3. The molecule has 258 valence electrons. The van der Waals surface area contributed by atoms with E-state index < -0.39 is 0 Å². The van der Waals surface area contributed by atoms with Gasteiger partial charge in [0.2, 0.25) is 0 Å². The van der Waals surface area contributed by atoms with Gasteiger partial charge in [0.25, 0.3) is 0 Å². The van der Waals surface area contributed by atoms with Crippen LogP contribution in [0.3, 0.4) is 0 Å². The molecule has 0 unspecified atom stereocenters. The van der Waals surface area contributed by atoms with E-state index in [0.717, 1.165) is 17.1 Å². The number of nitrogens with zero attached hydrogens (tertiary/aromatic N) is 2. The van der Waals surface area contributed by atoms with Gasteiger partial charge in [-0.25, -0.2) is 0 Å². The molecule has 8 aromatic carbocycles. The maximum absolute atomic E-state index is 2.46. The average Bonchev–Trinajstić information content (AvgIpc) is 3.65. The summed E-state index contributed by atoms with van der Waals surface area (Å²) in [5, 5.41) is 2.54. The second kappa shape index (κ2) is 12.5. The van der Waals surface area contributed by atoms with Crippen molar-refractivity contribution in [1.82, 2.24) is 4.57 Å². The maximum Gasteiger partial charge on any atom is 0.0544 e. The van der Waals surface area contributed by atoms with Gasteiger partial charge in [-0.3, -0.25) is 0 Å². The Labute approximate surface area is 317 Å². The summed E-state index contributed by atoms with van der Waals surface area (Å²) in [5.41, 5.74) is 18.5. The van der Waals surface area contributed by atoms with Gasteiger partial charge in [0.1, 0.15) is 0 Å². The van der Waals surface area contributed by atoms with Crippen LogP contribution in [0.5, 0.6) is 0 Å². The van der Waals surface area contributed by atoms with Gasteiger partial charge < -0.3 is 9.47 Å². The number of rotatable bonds is 6.